The van der Waals surface area contributed by atoms with E-state index in [0.29, 0.717) is 22.0 Å². The monoisotopic (exact) mass is 291 g/mol. The minimum atomic E-state index is 0.0991. The van der Waals surface area contributed by atoms with Gasteiger partial charge in [0.25, 0.3) is 5.91 Å². The molecule has 1 aliphatic heterocycles. The van der Waals surface area contributed by atoms with Gasteiger partial charge in [0.15, 0.2) is 0 Å². The molecule has 3 heteroatoms. The Morgan fingerprint density at radius 2 is 1.95 bits per heavy atom. The van der Waals surface area contributed by atoms with Crippen molar-refractivity contribution in [2.75, 3.05) is 6.54 Å². The Morgan fingerprint density at radius 1 is 1.25 bits per heavy atom. The molecule has 3 rings (SSSR count). The molecule has 2 aliphatic rings. The van der Waals surface area contributed by atoms with Gasteiger partial charge >= 0.3 is 0 Å². The van der Waals surface area contributed by atoms with Crippen molar-refractivity contribution < 1.29 is 4.79 Å². The van der Waals surface area contributed by atoms with Crippen molar-refractivity contribution >= 4 is 17.5 Å². The van der Waals surface area contributed by atoms with E-state index in [0.717, 1.165) is 19.4 Å². The number of hydrogen-bond donors (Lipinski definition) is 0. The zero-order chi connectivity index (χ0) is 14.5. The molecule has 108 valence electrons. The summed E-state index contributed by atoms with van der Waals surface area (Å²) in [5.74, 6) is 0.0991. The molecule has 1 amide bonds. The van der Waals surface area contributed by atoms with Gasteiger partial charge in [-0.15, -0.1) is 0 Å². The molecule has 0 radical (unpaired) electrons. The third kappa shape index (κ3) is 2.35. The number of hydrogen-bond acceptors (Lipinski definition) is 1. The number of nitrogens with zero attached hydrogens (tertiary/aromatic N) is 1. The highest BCUT2D eigenvalue weighted by Gasteiger charge is 2.51. The second-order valence-electron chi connectivity index (χ2n) is 7.63. The van der Waals surface area contributed by atoms with Crippen molar-refractivity contribution in [3.8, 4) is 0 Å². The van der Waals surface area contributed by atoms with E-state index < -0.39 is 0 Å². The summed E-state index contributed by atoms with van der Waals surface area (Å²) in [5, 5.41) is 0.559. The van der Waals surface area contributed by atoms with E-state index in [4.69, 9.17) is 11.6 Å². The van der Waals surface area contributed by atoms with E-state index in [1.807, 2.05) is 18.2 Å². The highest BCUT2D eigenvalue weighted by atomic mass is 35.5. The lowest BCUT2D eigenvalue weighted by Gasteiger charge is -2.39. The number of carbonyl (C=O) groups is 1. The van der Waals surface area contributed by atoms with Gasteiger partial charge in [-0.05, 0) is 42.2 Å². The lowest BCUT2D eigenvalue weighted by Crippen LogP contribution is -2.37. The molecule has 2 nitrogen and oxygen atoms in total. The van der Waals surface area contributed by atoms with Crippen LogP contribution in [0.25, 0.3) is 0 Å². The number of benzene rings is 1. The largest absolute Gasteiger partial charge is 0.335 e. The Balaban J connectivity index is 1.89. The Morgan fingerprint density at radius 3 is 2.65 bits per heavy atom. The summed E-state index contributed by atoms with van der Waals surface area (Å²) in [7, 11) is 0. The smallest absolute Gasteiger partial charge is 0.255 e. The lowest BCUT2D eigenvalue weighted by molar-refractivity contribution is 0.0708. The van der Waals surface area contributed by atoms with Crippen LogP contribution in [-0.2, 0) is 0 Å². The SMILES string of the molecule is CC1(C)CC2CC(C)(CN2C(=O)c2ccccc2Cl)C1. The van der Waals surface area contributed by atoms with Gasteiger partial charge in [-0.3, -0.25) is 4.79 Å². The van der Waals surface area contributed by atoms with Crippen molar-refractivity contribution in [1.29, 1.82) is 0 Å². The van der Waals surface area contributed by atoms with Crippen LogP contribution in [0.15, 0.2) is 24.3 Å². The molecule has 1 aliphatic carbocycles. The van der Waals surface area contributed by atoms with Crippen LogP contribution in [-0.4, -0.2) is 23.4 Å². The van der Waals surface area contributed by atoms with Crippen molar-refractivity contribution in [3.05, 3.63) is 34.9 Å². The highest BCUT2D eigenvalue weighted by Crippen LogP contribution is 2.52. The average Bonchev–Trinajstić information content (AvgIpc) is 2.58. The summed E-state index contributed by atoms with van der Waals surface area (Å²) >= 11 is 6.18. The third-order valence-electron chi connectivity index (χ3n) is 4.78. The van der Waals surface area contributed by atoms with Crippen molar-refractivity contribution in [1.82, 2.24) is 4.90 Å². The first kappa shape index (κ1) is 13.9. The standard InChI is InChI=1S/C17H22ClNO/c1-16(2)8-12-9-17(3,10-16)11-19(12)15(20)13-6-4-5-7-14(13)18/h4-7,12H,8-11H2,1-3H3. The fourth-order valence-electron chi connectivity index (χ4n) is 4.49. The molecule has 2 bridgehead atoms. The molecule has 1 saturated heterocycles. The number of likely N-dealkylation sites (tertiary alicyclic amines) is 1. The van der Waals surface area contributed by atoms with E-state index in [-0.39, 0.29) is 11.3 Å². The fourth-order valence-corrected chi connectivity index (χ4v) is 4.70. The minimum Gasteiger partial charge on any atom is -0.335 e. The third-order valence-corrected chi connectivity index (χ3v) is 5.11. The molecule has 0 N–H and O–H groups in total. The number of carbonyl (C=O) groups excluding carboxylic acids is 1. The van der Waals surface area contributed by atoms with Crippen LogP contribution < -0.4 is 0 Å². The first-order chi connectivity index (χ1) is 9.30. The summed E-state index contributed by atoms with van der Waals surface area (Å²) in [6.45, 7) is 7.83. The molecular formula is C17H22ClNO. The normalized spacial score (nSPS) is 31.4. The van der Waals surface area contributed by atoms with Crippen LogP contribution in [0.2, 0.25) is 5.02 Å². The molecule has 1 heterocycles. The number of amides is 1. The summed E-state index contributed by atoms with van der Waals surface area (Å²) in [5.41, 5.74) is 1.24. The first-order valence-electron chi connectivity index (χ1n) is 7.35. The number of halogens is 1. The topological polar surface area (TPSA) is 20.3 Å². The first-order valence-corrected chi connectivity index (χ1v) is 7.73. The molecule has 2 unspecified atom stereocenters. The van der Waals surface area contributed by atoms with Crippen molar-refractivity contribution in [2.45, 2.75) is 46.1 Å². The predicted octanol–water partition coefficient (Wildman–Crippen LogP) is 4.38. The fraction of sp³-hybridized carbons (Fsp3) is 0.588. The van der Waals surface area contributed by atoms with E-state index in [1.54, 1.807) is 6.07 Å². The van der Waals surface area contributed by atoms with Crippen LogP contribution in [0.1, 0.15) is 50.4 Å². The Hall–Kier alpha value is -1.02. The van der Waals surface area contributed by atoms with Crippen molar-refractivity contribution in [3.63, 3.8) is 0 Å². The van der Waals surface area contributed by atoms with Gasteiger partial charge < -0.3 is 4.90 Å². The maximum atomic E-state index is 12.8. The molecule has 2 atom stereocenters. The zero-order valence-electron chi connectivity index (χ0n) is 12.4. The molecule has 1 saturated carbocycles. The lowest BCUT2D eigenvalue weighted by atomic mass is 9.65. The summed E-state index contributed by atoms with van der Waals surface area (Å²) in [6, 6.07) is 7.74. The molecule has 1 aromatic rings. The predicted molar refractivity (Wildman–Crippen MR) is 82.0 cm³/mol. The van der Waals surface area contributed by atoms with E-state index in [1.165, 1.54) is 6.42 Å². The Bertz CT molecular complexity index is 554. The molecule has 20 heavy (non-hydrogen) atoms. The van der Waals surface area contributed by atoms with Gasteiger partial charge in [0.1, 0.15) is 0 Å². The Kier molecular flexibility index (Phi) is 3.13. The molecule has 0 aromatic heterocycles. The second kappa shape index (κ2) is 4.49. The van der Waals surface area contributed by atoms with Gasteiger partial charge in [-0.1, -0.05) is 44.5 Å². The van der Waals surface area contributed by atoms with Gasteiger partial charge in [-0.2, -0.15) is 0 Å². The van der Waals surface area contributed by atoms with E-state index in [9.17, 15) is 4.79 Å². The number of rotatable bonds is 1. The van der Waals surface area contributed by atoms with Gasteiger partial charge in [0, 0.05) is 12.6 Å². The summed E-state index contributed by atoms with van der Waals surface area (Å²) in [4.78, 5) is 14.9. The van der Waals surface area contributed by atoms with Crippen LogP contribution in [0.5, 0.6) is 0 Å². The quantitative estimate of drug-likeness (QED) is 0.752. The van der Waals surface area contributed by atoms with E-state index in [2.05, 4.69) is 25.7 Å². The maximum Gasteiger partial charge on any atom is 0.255 e. The van der Waals surface area contributed by atoms with Crippen LogP contribution in [0.4, 0.5) is 0 Å². The second-order valence-corrected chi connectivity index (χ2v) is 8.03. The maximum absolute atomic E-state index is 12.8. The highest BCUT2D eigenvalue weighted by molar-refractivity contribution is 6.33. The summed E-state index contributed by atoms with van der Waals surface area (Å²) < 4.78 is 0. The van der Waals surface area contributed by atoms with Crippen LogP contribution in [0, 0.1) is 10.8 Å². The summed E-state index contributed by atoms with van der Waals surface area (Å²) in [6.07, 6.45) is 3.42. The molecular weight excluding hydrogens is 270 g/mol. The Labute approximate surface area is 126 Å². The van der Waals surface area contributed by atoms with Gasteiger partial charge in [-0.25, -0.2) is 0 Å². The molecule has 0 spiro atoms. The zero-order valence-corrected chi connectivity index (χ0v) is 13.2. The molecule has 2 fully saturated rings. The minimum absolute atomic E-state index is 0.0991. The molecule has 1 aromatic carbocycles. The van der Waals surface area contributed by atoms with E-state index >= 15 is 0 Å². The van der Waals surface area contributed by atoms with Gasteiger partial charge in [0.05, 0.1) is 10.6 Å². The van der Waals surface area contributed by atoms with Crippen LogP contribution >= 0.6 is 11.6 Å². The van der Waals surface area contributed by atoms with Crippen molar-refractivity contribution in [2.24, 2.45) is 10.8 Å². The van der Waals surface area contributed by atoms with Gasteiger partial charge in [0.2, 0.25) is 0 Å². The van der Waals surface area contributed by atoms with Crippen LogP contribution in [0.3, 0.4) is 0 Å². The number of fused-ring (bicyclic) bond motifs is 2. The average molecular weight is 292 g/mol.